The molecule has 1 aromatic heterocycles. The lowest BCUT2D eigenvalue weighted by molar-refractivity contribution is -0.117. The van der Waals surface area contributed by atoms with Crippen LogP contribution in [0.4, 0.5) is 0 Å². The van der Waals surface area contributed by atoms with Crippen LogP contribution in [0.15, 0.2) is 65.1 Å². The molecule has 156 valence electrons. The lowest BCUT2D eigenvalue weighted by Crippen LogP contribution is -2.09. The molecule has 4 heteroatoms. The van der Waals surface area contributed by atoms with E-state index in [0.29, 0.717) is 25.7 Å². The van der Waals surface area contributed by atoms with Crippen LogP contribution in [-0.2, 0) is 27.2 Å². The van der Waals surface area contributed by atoms with Crippen LogP contribution < -0.4 is 0 Å². The second-order valence-corrected chi connectivity index (χ2v) is 7.54. The van der Waals surface area contributed by atoms with Crippen molar-refractivity contribution in [3.05, 3.63) is 83.1 Å². The van der Waals surface area contributed by atoms with Gasteiger partial charge in [0.1, 0.15) is 29.2 Å². The van der Waals surface area contributed by atoms with E-state index in [0.717, 1.165) is 33.8 Å². The quantitative estimate of drug-likeness (QED) is 0.433. The Bertz CT molecular complexity index is 987. The van der Waals surface area contributed by atoms with Crippen molar-refractivity contribution >= 4 is 11.6 Å². The molecule has 0 aliphatic rings. The van der Waals surface area contributed by atoms with Crippen molar-refractivity contribution < 1.29 is 18.7 Å². The molecule has 0 aliphatic heterocycles. The first-order chi connectivity index (χ1) is 14.5. The van der Waals surface area contributed by atoms with E-state index in [2.05, 4.69) is 0 Å². The van der Waals surface area contributed by atoms with Gasteiger partial charge >= 0.3 is 0 Å². The Hall–Kier alpha value is -2.98. The van der Waals surface area contributed by atoms with Crippen LogP contribution in [0.2, 0.25) is 0 Å². The Balaban J connectivity index is 2.20. The summed E-state index contributed by atoms with van der Waals surface area (Å²) in [6.07, 6.45) is 1.54. The number of benzene rings is 2. The fraction of sp³-hybridized carbons (Fsp3) is 0.308. The van der Waals surface area contributed by atoms with E-state index >= 15 is 0 Å². The molecule has 0 bridgehead atoms. The predicted molar refractivity (Wildman–Crippen MR) is 117 cm³/mol. The van der Waals surface area contributed by atoms with Gasteiger partial charge in [-0.25, -0.2) is 0 Å². The molecule has 0 spiro atoms. The van der Waals surface area contributed by atoms with Crippen molar-refractivity contribution in [1.29, 1.82) is 0 Å². The number of ketones is 2. The fourth-order valence-electron chi connectivity index (χ4n) is 3.73. The SMILES string of the molecule is COC(c1ccccc1)c1c(CCC(C)=O)oc(-c2ccccc2)c1CCC(C)=O. The van der Waals surface area contributed by atoms with Crippen molar-refractivity contribution in [2.24, 2.45) is 0 Å². The van der Waals surface area contributed by atoms with Gasteiger partial charge in [-0.2, -0.15) is 0 Å². The van der Waals surface area contributed by atoms with Crippen molar-refractivity contribution in [2.45, 2.75) is 45.6 Å². The van der Waals surface area contributed by atoms with Gasteiger partial charge in [-0.1, -0.05) is 60.7 Å². The van der Waals surface area contributed by atoms with E-state index < -0.39 is 0 Å². The summed E-state index contributed by atoms with van der Waals surface area (Å²) in [6, 6.07) is 19.8. The highest BCUT2D eigenvalue weighted by Crippen LogP contribution is 2.40. The van der Waals surface area contributed by atoms with Crippen LogP contribution in [0.3, 0.4) is 0 Å². The Labute approximate surface area is 177 Å². The van der Waals surface area contributed by atoms with E-state index in [1.165, 1.54) is 0 Å². The van der Waals surface area contributed by atoms with Crippen LogP contribution in [-0.4, -0.2) is 18.7 Å². The topological polar surface area (TPSA) is 56.5 Å². The summed E-state index contributed by atoms with van der Waals surface area (Å²) in [5.41, 5.74) is 3.87. The highest BCUT2D eigenvalue weighted by atomic mass is 16.5. The molecule has 2 aromatic carbocycles. The van der Waals surface area contributed by atoms with Crippen molar-refractivity contribution in [1.82, 2.24) is 0 Å². The number of methoxy groups -OCH3 is 1. The molecule has 0 fully saturated rings. The summed E-state index contributed by atoms with van der Waals surface area (Å²) in [5, 5.41) is 0. The third-order valence-corrected chi connectivity index (χ3v) is 5.19. The number of furan rings is 1. The molecule has 0 N–H and O–H groups in total. The van der Waals surface area contributed by atoms with Crippen LogP contribution in [0, 0.1) is 0 Å². The highest BCUT2D eigenvalue weighted by molar-refractivity contribution is 5.77. The third kappa shape index (κ3) is 5.14. The summed E-state index contributed by atoms with van der Waals surface area (Å²) in [6.45, 7) is 3.19. The first-order valence-corrected chi connectivity index (χ1v) is 10.3. The Morgan fingerprint density at radius 2 is 1.43 bits per heavy atom. The van der Waals surface area contributed by atoms with Gasteiger partial charge in [-0.05, 0) is 25.8 Å². The fourth-order valence-corrected chi connectivity index (χ4v) is 3.73. The van der Waals surface area contributed by atoms with Crippen molar-refractivity contribution in [2.75, 3.05) is 7.11 Å². The average molecular weight is 405 g/mol. The maximum Gasteiger partial charge on any atom is 0.137 e. The van der Waals surface area contributed by atoms with E-state index in [1.807, 2.05) is 60.7 Å². The van der Waals surface area contributed by atoms with Gasteiger partial charge in [0.15, 0.2) is 0 Å². The van der Waals surface area contributed by atoms with Gasteiger partial charge < -0.3 is 18.7 Å². The maximum atomic E-state index is 11.8. The molecule has 3 aromatic rings. The summed E-state index contributed by atoms with van der Waals surface area (Å²) >= 11 is 0. The molecule has 4 nitrogen and oxygen atoms in total. The normalized spacial score (nSPS) is 12.0. The maximum absolute atomic E-state index is 11.8. The van der Waals surface area contributed by atoms with Crippen LogP contribution in [0.1, 0.15) is 55.2 Å². The second kappa shape index (κ2) is 10.2. The highest BCUT2D eigenvalue weighted by Gasteiger charge is 2.28. The van der Waals surface area contributed by atoms with Crippen LogP contribution >= 0.6 is 0 Å². The predicted octanol–water partition coefficient (Wildman–Crippen LogP) is 5.73. The molecule has 1 unspecified atom stereocenters. The molecule has 0 saturated carbocycles. The minimum atomic E-state index is -0.337. The number of carbonyl (C=O) groups excluding carboxylic acids is 2. The monoisotopic (exact) mass is 404 g/mol. The zero-order chi connectivity index (χ0) is 21.5. The van der Waals surface area contributed by atoms with E-state index in [1.54, 1.807) is 21.0 Å². The summed E-state index contributed by atoms with van der Waals surface area (Å²) < 4.78 is 12.3. The van der Waals surface area contributed by atoms with E-state index in [-0.39, 0.29) is 17.7 Å². The molecule has 1 atom stereocenters. The zero-order valence-corrected chi connectivity index (χ0v) is 17.8. The minimum absolute atomic E-state index is 0.109. The van der Waals surface area contributed by atoms with E-state index in [9.17, 15) is 9.59 Å². The smallest absolute Gasteiger partial charge is 0.137 e. The average Bonchev–Trinajstić information content (AvgIpc) is 3.11. The summed E-state index contributed by atoms with van der Waals surface area (Å²) in [7, 11) is 1.68. The first kappa shape index (κ1) is 21.7. The molecule has 3 rings (SSSR count). The summed E-state index contributed by atoms with van der Waals surface area (Å²) in [5.74, 6) is 1.74. The Morgan fingerprint density at radius 3 is 2.00 bits per heavy atom. The lowest BCUT2D eigenvalue weighted by atomic mass is 9.91. The molecular weight excluding hydrogens is 376 g/mol. The first-order valence-electron chi connectivity index (χ1n) is 10.3. The standard InChI is InChI=1S/C26H28O4/c1-18(27)14-16-22-24(26(29-3)21-12-8-5-9-13-21)23(17-15-19(2)28)30-25(22)20-10-6-4-7-11-20/h4-13,26H,14-17H2,1-3H3. The number of ether oxygens (including phenoxy) is 1. The van der Waals surface area contributed by atoms with Gasteiger partial charge in [-0.15, -0.1) is 0 Å². The molecule has 0 amide bonds. The van der Waals surface area contributed by atoms with E-state index in [4.69, 9.17) is 9.15 Å². The van der Waals surface area contributed by atoms with Gasteiger partial charge in [0, 0.05) is 43.1 Å². The number of hydrogen-bond donors (Lipinski definition) is 0. The van der Waals surface area contributed by atoms with Crippen molar-refractivity contribution in [3.8, 4) is 11.3 Å². The number of carbonyl (C=O) groups is 2. The summed E-state index contributed by atoms with van der Waals surface area (Å²) in [4.78, 5) is 23.5. The molecule has 1 heterocycles. The number of aryl methyl sites for hydroxylation is 1. The zero-order valence-electron chi connectivity index (χ0n) is 17.8. The lowest BCUT2D eigenvalue weighted by Gasteiger charge is -2.18. The second-order valence-electron chi connectivity index (χ2n) is 7.54. The third-order valence-electron chi connectivity index (χ3n) is 5.19. The van der Waals surface area contributed by atoms with Gasteiger partial charge in [0.25, 0.3) is 0 Å². The van der Waals surface area contributed by atoms with Gasteiger partial charge in [0.2, 0.25) is 0 Å². The van der Waals surface area contributed by atoms with Gasteiger partial charge in [0.05, 0.1) is 0 Å². The van der Waals surface area contributed by atoms with Gasteiger partial charge in [-0.3, -0.25) is 0 Å². The van der Waals surface area contributed by atoms with Crippen LogP contribution in [0.5, 0.6) is 0 Å². The van der Waals surface area contributed by atoms with Crippen molar-refractivity contribution in [3.63, 3.8) is 0 Å². The number of hydrogen-bond acceptors (Lipinski definition) is 4. The molecule has 30 heavy (non-hydrogen) atoms. The molecule has 0 radical (unpaired) electrons. The molecule has 0 aliphatic carbocycles. The van der Waals surface area contributed by atoms with Crippen LogP contribution in [0.25, 0.3) is 11.3 Å². The molecular formula is C26H28O4. The Kier molecular flexibility index (Phi) is 7.36. The largest absolute Gasteiger partial charge is 0.460 e. The number of Topliss-reactive ketones (excluding diaryl/α,β-unsaturated/α-hetero) is 2. The minimum Gasteiger partial charge on any atom is -0.460 e. The number of rotatable bonds is 10. The molecule has 0 saturated heterocycles. The Morgan fingerprint density at radius 1 is 0.867 bits per heavy atom.